The van der Waals surface area contributed by atoms with Gasteiger partial charge in [0.2, 0.25) is 0 Å². The van der Waals surface area contributed by atoms with Crippen LogP contribution in [0.15, 0.2) is 0 Å². The minimum Gasteiger partial charge on any atom is -0.354 e. The van der Waals surface area contributed by atoms with Crippen molar-refractivity contribution in [2.75, 3.05) is 20.8 Å². The maximum absolute atomic E-state index is 5.06. The summed E-state index contributed by atoms with van der Waals surface area (Å²) in [6, 6.07) is 0.154. The third-order valence-electron chi connectivity index (χ3n) is 1.56. The molecule has 1 N–H and O–H groups in total. The van der Waals surface area contributed by atoms with Gasteiger partial charge in [-0.15, -0.1) is 5.92 Å². The second-order valence-corrected chi connectivity index (χ2v) is 2.44. The zero-order valence-corrected chi connectivity index (χ0v) is 8.18. The largest absolute Gasteiger partial charge is 0.354 e. The Morgan fingerprint density at radius 3 is 2.33 bits per heavy atom. The van der Waals surface area contributed by atoms with Crippen LogP contribution in [0, 0.1) is 11.8 Å². The van der Waals surface area contributed by atoms with Crippen molar-refractivity contribution >= 4 is 0 Å². The normalized spacial score (nSPS) is 12.4. The standard InChI is InChI=1S/C9H17NO2/c1-5-6-7-10-8(2)9(11-3)12-4/h8-10H,7H2,1-4H3. The summed E-state index contributed by atoms with van der Waals surface area (Å²) in [5, 5.41) is 3.16. The molecular weight excluding hydrogens is 154 g/mol. The van der Waals surface area contributed by atoms with Gasteiger partial charge in [0.1, 0.15) is 0 Å². The van der Waals surface area contributed by atoms with Gasteiger partial charge in [0, 0.05) is 14.2 Å². The summed E-state index contributed by atoms with van der Waals surface area (Å²) in [6.07, 6.45) is -0.205. The van der Waals surface area contributed by atoms with Crippen LogP contribution in [-0.2, 0) is 9.47 Å². The third-order valence-corrected chi connectivity index (χ3v) is 1.56. The topological polar surface area (TPSA) is 30.5 Å². The number of methoxy groups -OCH3 is 2. The van der Waals surface area contributed by atoms with E-state index < -0.39 is 0 Å². The lowest BCUT2D eigenvalue weighted by Gasteiger charge is -2.20. The van der Waals surface area contributed by atoms with Crippen LogP contribution in [0.2, 0.25) is 0 Å². The summed E-state index contributed by atoms with van der Waals surface area (Å²) < 4.78 is 10.1. The highest BCUT2D eigenvalue weighted by molar-refractivity contribution is 4.97. The summed E-state index contributed by atoms with van der Waals surface area (Å²) in [5.74, 6) is 5.71. The Kier molecular flexibility index (Phi) is 6.78. The molecule has 0 aliphatic rings. The Morgan fingerprint density at radius 2 is 1.92 bits per heavy atom. The molecule has 3 nitrogen and oxygen atoms in total. The number of ether oxygens (including phenoxy) is 2. The molecule has 0 spiro atoms. The van der Waals surface area contributed by atoms with E-state index in [0.29, 0.717) is 6.54 Å². The fourth-order valence-corrected chi connectivity index (χ4v) is 0.901. The van der Waals surface area contributed by atoms with Gasteiger partial charge in [-0.2, -0.15) is 0 Å². The molecule has 0 fully saturated rings. The lowest BCUT2D eigenvalue weighted by atomic mass is 10.3. The first-order chi connectivity index (χ1) is 5.76. The van der Waals surface area contributed by atoms with Gasteiger partial charge in [-0.05, 0) is 13.8 Å². The van der Waals surface area contributed by atoms with E-state index in [-0.39, 0.29) is 12.3 Å². The van der Waals surface area contributed by atoms with E-state index >= 15 is 0 Å². The quantitative estimate of drug-likeness (QED) is 0.485. The first-order valence-corrected chi connectivity index (χ1v) is 3.94. The van der Waals surface area contributed by atoms with Gasteiger partial charge in [0.15, 0.2) is 6.29 Å². The molecule has 0 saturated heterocycles. The molecule has 0 aromatic carbocycles. The minimum atomic E-state index is -0.205. The van der Waals surface area contributed by atoms with E-state index in [1.165, 1.54) is 0 Å². The summed E-state index contributed by atoms with van der Waals surface area (Å²) in [4.78, 5) is 0. The van der Waals surface area contributed by atoms with E-state index in [4.69, 9.17) is 9.47 Å². The van der Waals surface area contributed by atoms with Crippen molar-refractivity contribution in [1.82, 2.24) is 5.32 Å². The Hall–Kier alpha value is -0.560. The average Bonchev–Trinajstić information content (AvgIpc) is 2.07. The maximum Gasteiger partial charge on any atom is 0.171 e. The van der Waals surface area contributed by atoms with Crippen molar-refractivity contribution in [2.45, 2.75) is 26.2 Å². The molecule has 0 radical (unpaired) electrons. The Morgan fingerprint density at radius 1 is 1.33 bits per heavy atom. The molecular formula is C9H17NO2. The average molecular weight is 171 g/mol. The Bertz CT molecular complexity index is 156. The van der Waals surface area contributed by atoms with E-state index in [0.717, 1.165) is 0 Å². The van der Waals surface area contributed by atoms with Gasteiger partial charge in [-0.25, -0.2) is 0 Å². The highest BCUT2D eigenvalue weighted by atomic mass is 16.7. The number of nitrogens with one attached hydrogen (secondary N) is 1. The summed E-state index contributed by atoms with van der Waals surface area (Å²) in [7, 11) is 3.25. The van der Waals surface area contributed by atoms with Crippen LogP contribution in [0.25, 0.3) is 0 Å². The molecule has 0 aromatic rings. The summed E-state index contributed by atoms with van der Waals surface area (Å²) in [5.41, 5.74) is 0. The molecule has 0 aliphatic heterocycles. The lowest BCUT2D eigenvalue weighted by molar-refractivity contribution is -0.118. The summed E-state index contributed by atoms with van der Waals surface area (Å²) >= 11 is 0. The van der Waals surface area contributed by atoms with Gasteiger partial charge in [-0.3, -0.25) is 5.32 Å². The van der Waals surface area contributed by atoms with Crippen LogP contribution >= 0.6 is 0 Å². The fraction of sp³-hybridized carbons (Fsp3) is 0.778. The second-order valence-electron chi connectivity index (χ2n) is 2.44. The van der Waals surface area contributed by atoms with E-state index in [9.17, 15) is 0 Å². The molecule has 0 bridgehead atoms. The summed E-state index contributed by atoms with van der Waals surface area (Å²) in [6.45, 7) is 4.48. The first kappa shape index (κ1) is 11.4. The van der Waals surface area contributed by atoms with Crippen molar-refractivity contribution in [3.05, 3.63) is 0 Å². The van der Waals surface area contributed by atoms with E-state index in [1.54, 1.807) is 14.2 Å². The van der Waals surface area contributed by atoms with Crippen LogP contribution in [0.4, 0.5) is 0 Å². The highest BCUT2D eigenvalue weighted by Gasteiger charge is 2.13. The van der Waals surface area contributed by atoms with Gasteiger partial charge in [0.05, 0.1) is 12.6 Å². The molecule has 1 unspecified atom stereocenters. The lowest BCUT2D eigenvalue weighted by Crippen LogP contribution is -2.39. The van der Waals surface area contributed by atoms with Crippen molar-refractivity contribution in [3.63, 3.8) is 0 Å². The van der Waals surface area contributed by atoms with Crippen LogP contribution in [0.3, 0.4) is 0 Å². The first-order valence-electron chi connectivity index (χ1n) is 3.94. The Labute approximate surface area is 74.4 Å². The van der Waals surface area contributed by atoms with Gasteiger partial charge in [-0.1, -0.05) is 5.92 Å². The number of hydrogen-bond donors (Lipinski definition) is 1. The Balaban J connectivity index is 3.65. The van der Waals surface area contributed by atoms with Gasteiger partial charge >= 0.3 is 0 Å². The van der Waals surface area contributed by atoms with Crippen LogP contribution in [-0.4, -0.2) is 33.1 Å². The molecule has 0 rings (SSSR count). The van der Waals surface area contributed by atoms with Gasteiger partial charge < -0.3 is 9.47 Å². The third kappa shape index (κ3) is 4.35. The maximum atomic E-state index is 5.06. The SMILES string of the molecule is CC#CCNC(C)C(OC)OC. The molecule has 0 amide bonds. The zero-order chi connectivity index (χ0) is 9.40. The van der Waals surface area contributed by atoms with Crippen LogP contribution < -0.4 is 5.32 Å². The molecule has 1 atom stereocenters. The predicted molar refractivity (Wildman–Crippen MR) is 48.7 cm³/mol. The van der Waals surface area contributed by atoms with E-state index in [1.807, 2.05) is 13.8 Å². The molecule has 3 heteroatoms. The predicted octanol–water partition coefficient (Wildman–Crippen LogP) is 0.607. The molecule has 0 heterocycles. The minimum absolute atomic E-state index is 0.154. The number of hydrogen-bond acceptors (Lipinski definition) is 3. The second kappa shape index (κ2) is 7.11. The highest BCUT2D eigenvalue weighted by Crippen LogP contribution is 1.97. The molecule has 12 heavy (non-hydrogen) atoms. The van der Waals surface area contributed by atoms with Crippen molar-refractivity contribution in [1.29, 1.82) is 0 Å². The molecule has 70 valence electrons. The van der Waals surface area contributed by atoms with Crippen LogP contribution in [0.5, 0.6) is 0 Å². The van der Waals surface area contributed by atoms with Crippen LogP contribution in [0.1, 0.15) is 13.8 Å². The molecule has 0 aromatic heterocycles. The van der Waals surface area contributed by atoms with Crippen molar-refractivity contribution in [3.8, 4) is 11.8 Å². The monoisotopic (exact) mass is 171 g/mol. The van der Waals surface area contributed by atoms with E-state index in [2.05, 4.69) is 17.2 Å². The molecule has 0 aliphatic carbocycles. The molecule has 0 saturated carbocycles. The van der Waals surface area contributed by atoms with Crippen molar-refractivity contribution in [2.24, 2.45) is 0 Å². The van der Waals surface area contributed by atoms with Gasteiger partial charge in [0.25, 0.3) is 0 Å². The zero-order valence-electron chi connectivity index (χ0n) is 8.18. The number of rotatable bonds is 5. The fourth-order valence-electron chi connectivity index (χ4n) is 0.901. The smallest absolute Gasteiger partial charge is 0.171 e. The van der Waals surface area contributed by atoms with Crippen molar-refractivity contribution < 1.29 is 9.47 Å².